The quantitative estimate of drug-likeness (QED) is 0.466. The first-order valence-corrected chi connectivity index (χ1v) is 9.23. The summed E-state index contributed by atoms with van der Waals surface area (Å²) in [6, 6.07) is -6.68. The van der Waals surface area contributed by atoms with Crippen molar-refractivity contribution in [3.05, 3.63) is 76.1 Å². The van der Waals surface area contributed by atoms with Gasteiger partial charge in [-0.3, -0.25) is 4.79 Å². The summed E-state index contributed by atoms with van der Waals surface area (Å²) in [5, 5.41) is 14.1. The Morgan fingerprint density at radius 2 is 2.14 bits per heavy atom. The maximum atomic E-state index is 12.7. The Morgan fingerprint density at radius 1 is 1.34 bits per heavy atom. The van der Waals surface area contributed by atoms with E-state index in [9.17, 15) is 9.90 Å². The molecule has 0 fully saturated rings. The van der Waals surface area contributed by atoms with Crippen molar-refractivity contribution in [2.45, 2.75) is 45.0 Å². The van der Waals surface area contributed by atoms with Gasteiger partial charge in [0.1, 0.15) is 0 Å². The highest BCUT2D eigenvalue weighted by Gasteiger charge is 2.08. The van der Waals surface area contributed by atoms with Crippen LogP contribution in [0, 0.1) is 6.92 Å². The van der Waals surface area contributed by atoms with Gasteiger partial charge in [-0.05, 0) is 49.3 Å². The fourth-order valence-corrected chi connectivity index (χ4v) is 2.58. The normalized spacial score (nSPS) is 21.9. The van der Waals surface area contributed by atoms with Crippen molar-refractivity contribution in [2.24, 2.45) is 0 Å². The number of thiazole rings is 1. The smallest absolute Gasteiger partial charge is 0.230 e. The number of nitrogens with zero attached hydrogens (tertiary/aromatic N) is 1. The standard InChI is InChI=1S/C23H27N3O2S/c1-16-5-4-7-18(13-16)21(27)8-3-2-6-17-9-11-19(12-10-17)25-22(28)14-20-15-29-23(24)26-20/h4-5,7,9-13,15,21,27H,2-3,6,8,14H2,1H3,(H2,24,26)(H,25,28)/t21-/m0/s1/i4D,5D,6D2,7D,8D2,9D,10D,11D,12D,13D,14D2,21D. The van der Waals surface area contributed by atoms with Gasteiger partial charge in [0.05, 0.1) is 30.5 Å². The van der Waals surface area contributed by atoms with Gasteiger partial charge in [0, 0.05) is 19.3 Å². The average molecular weight is 425 g/mol. The van der Waals surface area contributed by atoms with Crippen LogP contribution in [-0.4, -0.2) is 16.0 Å². The Balaban J connectivity index is 1.97. The third-order valence-electron chi connectivity index (χ3n) is 3.33. The zero-order chi connectivity index (χ0) is 33.9. The molecule has 152 valence electrons. The molecule has 0 bridgehead atoms. The average Bonchev–Trinajstić information content (AvgIpc) is 3.37. The number of carbonyl (C=O) groups excluding carboxylic acids is 1. The molecular formula is C23H27N3O2S. The number of hydrogen-bond acceptors (Lipinski definition) is 5. The van der Waals surface area contributed by atoms with Crippen molar-refractivity contribution < 1.29 is 30.5 Å². The Kier molecular flexibility index (Phi) is 3.15. The van der Waals surface area contributed by atoms with Crippen LogP contribution in [0.15, 0.2) is 53.7 Å². The highest BCUT2D eigenvalue weighted by atomic mass is 32.1. The van der Waals surface area contributed by atoms with Crippen LogP contribution in [0.2, 0.25) is 0 Å². The van der Waals surface area contributed by atoms with Gasteiger partial charge in [0.15, 0.2) is 5.13 Å². The van der Waals surface area contributed by atoms with E-state index in [0.29, 0.717) is 0 Å². The number of carbonyl (C=O) groups is 1. The van der Waals surface area contributed by atoms with Crippen LogP contribution in [0.3, 0.4) is 0 Å². The molecule has 0 spiro atoms. The molecule has 0 aliphatic rings. The number of anilines is 2. The van der Waals surface area contributed by atoms with E-state index in [2.05, 4.69) is 4.98 Å². The fourth-order valence-electron chi connectivity index (χ4n) is 2.08. The van der Waals surface area contributed by atoms with Gasteiger partial charge in [0.25, 0.3) is 0 Å². The van der Waals surface area contributed by atoms with Crippen LogP contribution in [0.4, 0.5) is 10.8 Å². The summed E-state index contributed by atoms with van der Waals surface area (Å²) < 4.78 is 123. The van der Waals surface area contributed by atoms with Crippen molar-refractivity contribution >= 4 is 28.1 Å². The predicted octanol–water partition coefficient (Wildman–Crippen LogP) is 4.66. The lowest BCUT2D eigenvalue weighted by Crippen LogP contribution is -2.14. The Hall–Kier alpha value is -2.70. The molecule has 0 aliphatic heterocycles. The molecule has 3 rings (SSSR count). The van der Waals surface area contributed by atoms with E-state index in [-0.39, 0.29) is 16.4 Å². The molecule has 1 heterocycles. The molecule has 3 aromatic rings. The summed E-state index contributed by atoms with van der Waals surface area (Å²) >= 11 is 0.863. The number of hydrogen-bond donors (Lipinski definition) is 3. The second-order valence-electron chi connectivity index (χ2n) is 5.60. The Bertz CT molecular complexity index is 1580. The Labute approximate surface area is 196 Å². The number of rotatable bonds is 9. The molecule has 1 amide bonds. The van der Waals surface area contributed by atoms with E-state index in [1.807, 2.05) is 5.32 Å². The van der Waals surface area contributed by atoms with Gasteiger partial charge in [-0.1, -0.05) is 48.2 Å². The second-order valence-corrected chi connectivity index (χ2v) is 6.49. The van der Waals surface area contributed by atoms with Crippen LogP contribution < -0.4 is 11.1 Å². The number of amides is 1. The van der Waals surface area contributed by atoms with Gasteiger partial charge >= 0.3 is 0 Å². The van der Waals surface area contributed by atoms with E-state index in [1.54, 1.807) is 0 Å². The zero-order valence-corrected chi connectivity index (χ0v) is 16.1. The Morgan fingerprint density at radius 3 is 2.86 bits per heavy atom. The van der Waals surface area contributed by atoms with Crippen LogP contribution in [0.1, 0.15) is 68.2 Å². The summed E-state index contributed by atoms with van der Waals surface area (Å²) in [6.07, 6.45) is -14.0. The summed E-state index contributed by atoms with van der Waals surface area (Å²) in [4.78, 5) is 16.4. The molecular weight excluding hydrogens is 382 g/mol. The maximum absolute atomic E-state index is 12.7. The minimum atomic E-state index is -3.37. The zero-order valence-electron chi connectivity index (χ0n) is 30.3. The van der Waals surface area contributed by atoms with Crippen molar-refractivity contribution in [3.8, 4) is 0 Å². The van der Waals surface area contributed by atoms with Crippen molar-refractivity contribution in [3.63, 3.8) is 0 Å². The van der Waals surface area contributed by atoms with Gasteiger partial charge in [-0.15, -0.1) is 11.3 Å². The minimum absolute atomic E-state index is 0.0250. The number of nitrogens with one attached hydrogen (secondary N) is 1. The van der Waals surface area contributed by atoms with Crippen LogP contribution >= 0.6 is 11.3 Å². The lowest BCUT2D eigenvalue weighted by Gasteiger charge is -2.11. The number of aromatic nitrogens is 1. The largest absolute Gasteiger partial charge is 0.388 e. The first-order valence-electron chi connectivity index (χ1n) is 15.8. The van der Waals surface area contributed by atoms with E-state index < -0.39 is 109 Å². The van der Waals surface area contributed by atoms with Crippen LogP contribution in [0.25, 0.3) is 0 Å². The van der Waals surface area contributed by atoms with Gasteiger partial charge in [-0.2, -0.15) is 0 Å². The molecule has 5 nitrogen and oxygen atoms in total. The van der Waals surface area contributed by atoms with Gasteiger partial charge in [-0.25, -0.2) is 4.98 Å². The van der Waals surface area contributed by atoms with E-state index in [0.717, 1.165) is 11.3 Å². The molecule has 4 N–H and O–H groups in total. The van der Waals surface area contributed by atoms with Crippen molar-refractivity contribution in [2.75, 3.05) is 11.1 Å². The van der Waals surface area contributed by atoms with E-state index in [1.165, 1.54) is 12.3 Å². The third-order valence-corrected chi connectivity index (χ3v) is 4.01. The van der Waals surface area contributed by atoms with Gasteiger partial charge < -0.3 is 16.2 Å². The number of nitrogen functional groups attached to an aromatic ring is 1. The van der Waals surface area contributed by atoms with Crippen LogP contribution in [-0.2, 0) is 17.5 Å². The minimum Gasteiger partial charge on any atom is -0.388 e. The highest BCUT2D eigenvalue weighted by Crippen LogP contribution is 2.21. The maximum Gasteiger partial charge on any atom is 0.230 e. The molecule has 29 heavy (non-hydrogen) atoms. The number of nitrogens with two attached hydrogens (primary N) is 1. The summed E-state index contributed by atoms with van der Waals surface area (Å²) in [6.45, 7) is 1.23. The lowest BCUT2D eigenvalue weighted by atomic mass is 10.00. The lowest BCUT2D eigenvalue weighted by molar-refractivity contribution is -0.115. The first kappa shape index (κ1) is 8.98. The topological polar surface area (TPSA) is 88.2 Å². The molecule has 2 aromatic carbocycles. The second kappa shape index (κ2) is 10.2. The van der Waals surface area contributed by atoms with E-state index >= 15 is 0 Å². The SMILES string of the molecule is [2H]c1c([2H])c(C)c([2H])c([C@@]([2H])(O)C([2H])([2H])CCC([2H])([2H])c2c([2H])c([2H])c(NC(=O)C([2H])([2H])c3csc(N)n3)c([2H])c2[2H])c1[2H]. The highest BCUT2D eigenvalue weighted by molar-refractivity contribution is 7.13. The molecule has 0 aliphatic carbocycles. The fraction of sp³-hybridized carbons (Fsp3) is 0.304. The molecule has 0 unspecified atom stereocenters. The molecule has 6 heteroatoms. The van der Waals surface area contributed by atoms with E-state index in [4.69, 9.17) is 26.3 Å². The molecule has 1 aromatic heterocycles. The van der Waals surface area contributed by atoms with Gasteiger partial charge in [0.2, 0.25) is 5.91 Å². The molecule has 0 saturated heterocycles. The summed E-state index contributed by atoms with van der Waals surface area (Å²) in [5.41, 5.74) is 2.47. The summed E-state index contributed by atoms with van der Waals surface area (Å²) in [5.74, 6) is -1.39. The third kappa shape index (κ3) is 6.69. The number of aliphatic hydroxyl groups is 1. The monoisotopic (exact) mass is 424 g/mol. The molecule has 0 saturated carbocycles. The summed E-state index contributed by atoms with van der Waals surface area (Å²) in [7, 11) is 0. The van der Waals surface area contributed by atoms with Crippen molar-refractivity contribution in [1.82, 2.24) is 4.98 Å². The molecule has 0 radical (unpaired) electrons. The molecule has 1 atom stereocenters. The van der Waals surface area contributed by atoms with Crippen molar-refractivity contribution in [1.29, 1.82) is 0 Å². The number of benzene rings is 2. The van der Waals surface area contributed by atoms with Crippen LogP contribution in [0.5, 0.6) is 0 Å². The first-order chi connectivity index (χ1) is 19.9. The predicted molar refractivity (Wildman–Crippen MR) is 119 cm³/mol.